The molecule has 0 radical (unpaired) electrons. The van der Waals surface area contributed by atoms with Gasteiger partial charge in [0.05, 0.1) is 6.04 Å². The summed E-state index contributed by atoms with van der Waals surface area (Å²) in [5, 5.41) is 3.25. The summed E-state index contributed by atoms with van der Waals surface area (Å²) in [6.07, 6.45) is 3.49. The number of amides is 4. The molecule has 1 atom stereocenters. The van der Waals surface area contributed by atoms with E-state index >= 15 is 0 Å². The third-order valence-corrected chi connectivity index (χ3v) is 5.26. The molecule has 1 aliphatic rings. The molecule has 3 aromatic rings. The molecule has 1 saturated heterocycles. The van der Waals surface area contributed by atoms with Gasteiger partial charge in [0.25, 0.3) is 11.8 Å². The number of carbonyl (C=O) groups excluding carboxylic acids is 3. The number of hydrogen-bond donors (Lipinski definition) is 1. The lowest BCUT2D eigenvalue weighted by Crippen LogP contribution is -2.54. The number of carbonyl (C=O) groups is 3. The molecule has 29 heavy (non-hydrogen) atoms. The van der Waals surface area contributed by atoms with Crippen LogP contribution in [-0.4, -0.2) is 27.3 Å². The van der Waals surface area contributed by atoms with Crippen LogP contribution in [0.2, 0.25) is 0 Å². The second-order valence-corrected chi connectivity index (χ2v) is 6.97. The number of benzene rings is 2. The number of imide groups is 2. The van der Waals surface area contributed by atoms with Crippen LogP contribution in [0.15, 0.2) is 66.4 Å². The van der Waals surface area contributed by atoms with Crippen molar-refractivity contribution in [1.82, 2.24) is 14.8 Å². The van der Waals surface area contributed by atoms with Crippen LogP contribution in [0.3, 0.4) is 0 Å². The maximum Gasteiger partial charge on any atom is 0.331 e. The lowest BCUT2D eigenvalue weighted by Gasteiger charge is -2.31. The van der Waals surface area contributed by atoms with Crippen molar-refractivity contribution >= 4 is 34.8 Å². The molecule has 4 rings (SSSR count). The van der Waals surface area contributed by atoms with Crippen LogP contribution < -0.4 is 5.32 Å². The number of aromatic nitrogens is 1. The van der Waals surface area contributed by atoms with Crippen molar-refractivity contribution in [2.75, 3.05) is 0 Å². The minimum atomic E-state index is -0.704. The lowest BCUT2D eigenvalue weighted by atomic mass is 10.0. The molecule has 1 N–H and O–H groups in total. The van der Waals surface area contributed by atoms with Crippen molar-refractivity contribution in [3.8, 4) is 0 Å². The van der Waals surface area contributed by atoms with Crippen LogP contribution in [-0.2, 0) is 16.1 Å². The molecule has 6 nitrogen and oxygen atoms in total. The zero-order valence-corrected chi connectivity index (χ0v) is 16.3. The Hall–Kier alpha value is -3.67. The lowest BCUT2D eigenvalue weighted by molar-refractivity contribution is -0.131. The Morgan fingerprint density at radius 1 is 1.00 bits per heavy atom. The molecule has 0 bridgehead atoms. The number of fused-ring (bicyclic) bond motifs is 1. The highest BCUT2D eigenvalue weighted by molar-refractivity contribution is 6.31. The van der Waals surface area contributed by atoms with E-state index in [4.69, 9.17) is 0 Å². The predicted molar refractivity (Wildman–Crippen MR) is 111 cm³/mol. The zero-order chi connectivity index (χ0) is 20.5. The normalized spacial score (nSPS) is 17.1. The molecule has 0 aliphatic carbocycles. The van der Waals surface area contributed by atoms with E-state index in [1.54, 1.807) is 13.0 Å². The van der Waals surface area contributed by atoms with E-state index in [1.165, 1.54) is 0 Å². The maximum atomic E-state index is 13.1. The second kappa shape index (κ2) is 7.39. The first-order chi connectivity index (χ1) is 14.0. The minimum absolute atomic E-state index is 0.0496. The summed E-state index contributed by atoms with van der Waals surface area (Å²) >= 11 is 0. The number of urea groups is 1. The zero-order valence-electron chi connectivity index (χ0n) is 16.3. The number of barbiturate groups is 1. The molecule has 2 aromatic carbocycles. The van der Waals surface area contributed by atoms with Crippen molar-refractivity contribution in [1.29, 1.82) is 0 Å². The largest absolute Gasteiger partial charge is 0.347 e. The van der Waals surface area contributed by atoms with Crippen LogP contribution in [0, 0.1) is 0 Å². The number of rotatable bonds is 4. The maximum absolute atomic E-state index is 13.1. The summed E-state index contributed by atoms with van der Waals surface area (Å²) in [5.41, 5.74) is 2.55. The van der Waals surface area contributed by atoms with Crippen molar-refractivity contribution in [3.05, 3.63) is 77.5 Å². The van der Waals surface area contributed by atoms with Gasteiger partial charge in [-0.1, -0.05) is 48.5 Å². The van der Waals surface area contributed by atoms with Gasteiger partial charge in [-0.15, -0.1) is 0 Å². The van der Waals surface area contributed by atoms with Gasteiger partial charge in [0.15, 0.2) is 0 Å². The summed E-state index contributed by atoms with van der Waals surface area (Å²) in [5.74, 6) is -1.27. The Kier molecular flexibility index (Phi) is 4.76. The molecule has 6 heteroatoms. The molecule has 1 fully saturated rings. The molecule has 0 spiro atoms. The number of nitrogens with one attached hydrogen (secondary N) is 1. The molecule has 2 heterocycles. The Balaban J connectivity index is 1.77. The Labute approximate surface area is 168 Å². The monoisotopic (exact) mass is 387 g/mol. The minimum Gasteiger partial charge on any atom is -0.347 e. The first kappa shape index (κ1) is 18.7. The van der Waals surface area contributed by atoms with Crippen LogP contribution in [0.4, 0.5) is 4.79 Å². The fourth-order valence-corrected chi connectivity index (χ4v) is 3.71. The quantitative estimate of drug-likeness (QED) is 0.545. The molecular weight excluding hydrogens is 366 g/mol. The highest BCUT2D eigenvalue weighted by Crippen LogP contribution is 2.28. The topological polar surface area (TPSA) is 71.4 Å². The van der Waals surface area contributed by atoms with Crippen molar-refractivity contribution in [3.63, 3.8) is 0 Å². The van der Waals surface area contributed by atoms with Crippen LogP contribution in [0.1, 0.15) is 31.0 Å². The van der Waals surface area contributed by atoms with E-state index in [0.29, 0.717) is 0 Å². The van der Waals surface area contributed by atoms with E-state index in [-0.39, 0.29) is 5.57 Å². The van der Waals surface area contributed by atoms with Gasteiger partial charge < -0.3 is 4.57 Å². The average Bonchev–Trinajstić information content (AvgIpc) is 3.09. The second-order valence-electron chi connectivity index (χ2n) is 6.97. The standard InChI is InChI=1S/C23H21N3O3/c1-3-25-14-17(18-11-7-8-12-20(18)25)13-19-21(27)24-23(29)26(22(19)28)15(2)16-9-5-4-6-10-16/h4-15H,3H2,1-2H3,(H,24,27,29)/b19-13+/t15-/m1/s1. The summed E-state index contributed by atoms with van der Waals surface area (Å²) in [4.78, 5) is 39.2. The predicted octanol–water partition coefficient (Wildman–Crippen LogP) is 3.88. The molecule has 4 amide bonds. The van der Waals surface area contributed by atoms with E-state index in [1.807, 2.05) is 67.7 Å². The number of aryl methyl sites for hydroxylation is 1. The van der Waals surface area contributed by atoms with Gasteiger partial charge in [-0.05, 0) is 31.6 Å². The fourth-order valence-electron chi connectivity index (χ4n) is 3.71. The Morgan fingerprint density at radius 2 is 1.69 bits per heavy atom. The third kappa shape index (κ3) is 3.23. The summed E-state index contributed by atoms with van der Waals surface area (Å²) in [6, 6.07) is 15.9. The van der Waals surface area contributed by atoms with Crippen molar-refractivity contribution < 1.29 is 14.4 Å². The summed E-state index contributed by atoms with van der Waals surface area (Å²) < 4.78 is 2.06. The van der Waals surface area contributed by atoms with Gasteiger partial charge >= 0.3 is 6.03 Å². The van der Waals surface area contributed by atoms with Crippen molar-refractivity contribution in [2.24, 2.45) is 0 Å². The Morgan fingerprint density at radius 3 is 2.41 bits per heavy atom. The molecule has 146 valence electrons. The van der Waals surface area contributed by atoms with Gasteiger partial charge in [-0.25, -0.2) is 4.79 Å². The highest BCUT2D eigenvalue weighted by atomic mass is 16.2. The van der Waals surface area contributed by atoms with Crippen LogP contribution in [0.5, 0.6) is 0 Å². The smallest absolute Gasteiger partial charge is 0.331 e. The fraction of sp³-hybridized carbons (Fsp3) is 0.174. The number of nitrogens with zero attached hydrogens (tertiary/aromatic N) is 2. The van der Waals surface area contributed by atoms with E-state index in [2.05, 4.69) is 9.88 Å². The molecule has 1 aromatic heterocycles. The van der Waals surface area contributed by atoms with Crippen LogP contribution >= 0.6 is 0 Å². The number of hydrogen-bond acceptors (Lipinski definition) is 3. The van der Waals surface area contributed by atoms with E-state index in [0.717, 1.165) is 33.5 Å². The van der Waals surface area contributed by atoms with Crippen molar-refractivity contribution in [2.45, 2.75) is 26.4 Å². The average molecular weight is 387 g/mol. The van der Waals surface area contributed by atoms with Gasteiger partial charge in [0, 0.05) is 29.2 Å². The van der Waals surface area contributed by atoms with Crippen LogP contribution in [0.25, 0.3) is 17.0 Å². The van der Waals surface area contributed by atoms with Gasteiger partial charge in [0.1, 0.15) is 5.57 Å². The van der Waals surface area contributed by atoms with Gasteiger partial charge in [-0.2, -0.15) is 0 Å². The van der Waals surface area contributed by atoms with E-state index in [9.17, 15) is 14.4 Å². The third-order valence-electron chi connectivity index (χ3n) is 5.26. The molecule has 0 saturated carbocycles. The molecule has 0 unspecified atom stereocenters. The molecular formula is C23H21N3O3. The SMILES string of the molecule is CCn1cc(/C=C2\C(=O)NC(=O)N([C@H](C)c3ccccc3)C2=O)c2ccccc21. The van der Waals surface area contributed by atoms with Gasteiger partial charge in [0.2, 0.25) is 0 Å². The van der Waals surface area contributed by atoms with E-state index < -0.39 is 23.9 Å². The number of para-hydroxylation sites is 1. The van der Waals surface area contributed by atoms with Gasteiger partial charge in [-0.3, -0.25) is 19.8 Å². The first-order valence-electron chi connectivity index (χ1n) is 9.54. The Bertz CT molecular complexity index is 1140. The highest BCUT2D eigenvalue weighted by Gasteiger charge is 2.39. The molecule has 1 aliphatic heterocycles. The summed E-state index contributed by atoms with van der Waals surface area (Å²) in [7, 11) is 0. The summed E-state index contributed by atoms with van der Waals surface area (Å²) in [6.45, 7) is 4.56. The first-order valence-corrected chi connectivity index (χ1v) is 9.54.